The van der Waals surface area contributed by atoms with Gasteiger partial charge in [0.2, 0.25) is 5.91 Å². The predicted molar refractivity (Wildman–Crippen MR) is 146 cm³/mol. The molecule has 8 heteroatoms. The number of nitrogens with zero attached hydrogens (tertiary/aromatic N) is 2. The molecule has 2 aliphatic carbocycles. The Labute approximate surface area is 227 Å². The fourth-order valence-corrected chi connectivity index (χ4v) is 6.46. The molecule has 1 heterocycles. The van der Waals surface area contributed by atoms with E-state index >= 15 is 0 Å². The standard InChI is InChI=1S/C29H34Cl2FN3O2/c1-18(37-26-15-12-20(30)16-23(26)31)28-34-24-14-13-21(32)17-25(24)35(28)27(19-8-4-2-5-9-19)29(36)33-22-10-6-3-7-11-22/h12-19,22,27H,2-11H2,1H3,(H,33,36). The first kappa shape index (κ1) is 26.3. The molecule has 198 valence electrons. The van der Waals surface area contributed by atoms with Gasteiger partial charge in [0, 0.05) is 11.1 Å². The van der Waals surface area contributed by atoms with Gasteiger partial charge >= 0.3 is 0 Å². The van der Waals surface area contributed by atoms with E-state index in [1.165, 1.54) is 25.0 Å². The van der Waals surface area contributed by atoms with E-state index in [1.807, 2.05) is 11.5 Å². The normalized spacial score (nSPS) is 19.0. The summed E-state index contributed by atoms with van der Waals surface area (Å²) in [6.45, 7) is 1.88. The SMILES string of the molecule is CC(Oc1ccc(Cl)cc1Cl)c1nc2ccc(F)cc2n1C(C(=O)NC1CCCCC1)C1CCCCC1. The van der Waals surface area contributed by atoms with Crippen molar-refractivity contribution in [1.29, 1.82) is 0 Å². The van der Waals surface area contributed by atoms with Gasteiger partial charge in [-0.25, -0.2) is 9.37 Å². The molecule has 2 aromatic carbocycles. The van der Waals surface area contributed by atoms with Crippen LogP contribution < -0.4 is 10.1 Å². The highest BCUT2D eigenvalue weighted by molar-refractivity contribution is 6.35. The molecule has 5 rings (SSSR count). The maximum Gasteiger partial charge on any atom is 0.243 e. The quantitative estimate of drug-likeness (QED) is 0.325. The average molecular weight is 547 g/mol. The minimum atomic E-state index is -0.539. The first-order valence-corrected chi connectivity index (χ1v) is 14.3. The number of aromatic nitrogens is 2. The first-order chi connectivity index (χ1) is 17.9. The number of halogens is 3. The molecule has 2 saturated carbocycles. The van der Waals surface area contributed by atoms with Gasteiger partial charge in [-0.3, -0.25) is 4.79 Å². The second-order valence-electron chi connectivity index (χ2n) is 10.5. The number of carbonyl (C=O) groups excluding carboxylic acids is 1. The minimum absolute atomic E-state index is 0.000312. The molecule has 2 atom stereocenters. The Hall–Kier alpha value is -2.31. The van der Waals surface area contributed by atoms with E-state index in [4.69, 9.17) is 32.9 Å². The predicted octanol–water partition coefficient (Wildman–Crippen LogP) is 8.19. The molecule has 0 saturated heterocycles. The van der Waals surface area contributed by atoms with E-state index in [9.17, 15) is 9.18 Å². The van der Waals surface area contributed by atoms with Crippen LogP contribution in [0.1, 0.15) is 89.1 Å². The second kappa shape index (κ2) is 11.6. The highest BCUT2D eigenvalue weighted by Gasteiger charge is 2.36. The van der Waals surface area contributed by atoms with E-state index < -0.39 is 12.1 Å². The molecule has 1 amide bonds. The summed E-state index contributed by atoms with van der Waals surface area (Å²) in [7, 11) is 0. The van der Waals surface area contributed by atoms with Crippen molar-refractivity contribution in [3.63, 3.8) is 0 Å². The third-order valence-electron chi connectivity index (χ3n) is 7.83. The fraction of sp³-hybridized carbons (Fsp3) is 0.517. The summed E-state index contributed by atoms with van der Waals surface area (Å²) in [5.74, 6) is 0.846. The third-order valence-corrected chi connectivity index (χ3v) is 8.37. The van der Waals surface area contributed by atoms with Crippen molar-refractivity contribution in [2.24, 2.45) is 5.92 Å². The van der Waals surface area contributed by atoms with Crippen molar-refractivity contribution < 1.29 is 13.9 Å². The van der Waals surface area contributed by atoms with Crippen molar-refractivity contribution in [3.05, 3.63) is 58.1 Å². The molecule has 37 heavy (non-hydrogen) atoms. The smallest absolute Gasteiger partial charge is 0.243 e. The maximum atomic E-state index is 14.5. The van der Waals surface area contributed by atoms with Gasteiger partial charge in [-0.2, -0.15) is 0 Å². The molecule has 2 fully saturated rings. The van der Waals surface area contributed by atoms with Gasteiger partial charge in [-0.1, -0.05) is 61.7 Å². The lowest BCUT2D eigenvalue weighted by Crippen LogP contribution is -2.44. The van der Waals surface area contributed by atoms with Crippen LogP contribution >= 0.6 is 23.2 Å². The van der Waals surface area contributed by atoms with E-state index in [1.54, 1.807) is 24.3 Å². The highest BCUT2D eigenvalue weighted by Crippen LogP contribution is 2.39. The zero-order valence-electron chi connectivity index (χ0n) is 21.2. The van der Waals surface area contributed by atoms with Gasteiger partial charge < -0.3 is 14.6 Å². The molecule has 0 bridgehead atoms. The zero-order chi connectivity index (χ0) is 25.9. The number of amides is 1. The number of benzene rings is 2. The number of rotatable bonds is 7. The van der Waals surface area contributed by atoms with Gasteiger partial charge in [0.25, 0.3) is 0 Å². The van der Waals surface area contributed by atoms with Crippen molar-refractivity contribution in [1.82, 2.24) is 14.9 Å². The van der Waals surface area contributed by atoms with Crippen LogP contribution in [0, 0.1) is 11.7 Å². The Morgan fingerprint density at radius 1 is 1.03 bits per heavy atom. The van der Waals surface area contributed by atoms with E-state index in [2.05, 4.69) is 5.32 Å². The van der Waals surface area contributed by atoms with Crippen LogP contribution in [0.5, 0.6) is 5.75 Å². The lowest BCUT2D eigenvalue weighted by atomic mass is 9.82. The maximum absolute atomic E-state index is 14.5. The zero-order valence-corrected chi connectivity index (χ0v) is 22.7. The highest BCUT2D eigenvalue weighted by atomic mass is 35.5. The molecule has 2 unspecified atom stereocenters. The van der Waals surface area contributed by atoms with E-state index in [0.29, 0.717) is 32.7 Å². The molecule has 0 radical (unpaired) electrons. The van der Waals surface area contributed by atoms with Crippen molar-refractivity contribution in [3.8, 4) is 5.75 Å². The summed E-state index contributed by atoms with van der Waals surface area (Å²) < 4.78 is 22.7. The lowest BCUT2D eigenvalue weighted by Gasteiger charge is -2.34. The van der Waals surface area contributed by atoms with E-state index in [-0.39, 0.29) is 23.7 Å². The first-order valence-electron chi connectivity index (χ1n) is 13.5. The molecule has 0 spiro atoms. The number of carbonyl (C=O) groups is 1. The van der Waals surface area contributed by atoms with Crippen LogP contribution in [-0.2, 0) is 4.79 Å². The second-order valence-corrected chi connectivity index (χ2v) is 11.3. The largest absolute Gasteiger partial charge is 0.481 e. The van der Waals surface area contributed by atoms with Gasteiger partial charge in [0.15, 0.2) is 11.9 Å². The summed E-state index contributed by atoms with van der Waals surface area (Å²) >= 11 is 12.5. The number of ether oxygens (including phenoxy) is 1. The molecule has 0 aliphatic heterocycles. The summed E-state index contributed by atoms with van der Waals surface area (Å²) in [4.78, 5) is 18.9. The van der Waals surface area contributed by atoms with Gasteiger partial charge in [0.05, 0.1) is 16.1 Å². The molecular formula is C29H34Cl2FN3O2. The number of nitrogens with one attached hydrogen (secondary N) is 1. The summed E-state index contributed by atoms with van der Waals surface area (Å²) in [6.07, 6.45) is 10.2. The van der Waals surface area contributed by atoms with Crippen LogP contribution in [0.25, 0.3) is 11.0 Å². The average Bonchev–Trinajstić information content (AvgIpc) is 3.25. The van der Waals surface area contributed by atoms with Crippen LogP contribution in [0.3, 0.4) is 0 Å². The van der Waals surface area contributed by atoms with Crippen LogP contribution in [0.4, 0.5) is 4.39 Å². The molecular weight excluding hydrogens is 512 g/mol. The summed E-state index contributed by atoms with van der Waals surface area (Å²) in [5.41, 5.74) is 1.25. The number of imidazole rings is 1. The Morgan fingerprint density at radius 3 is 2.43 bits per heavy atom. The van der Waals surface area contributed by atoms with Crippen molar-refractivity contribution in [2.45, 2.75) is 89.3 Å². The molecule has 3 aromatic rings. The monoisotopic (exact) mass is 545 g/mol. The molecule has 5 nitrogen and oxygen atoms in total. The summed E-state index contributed by atoms with van der Waals surface area (Å²) in [5, 5.41) is 4.27. The lowest BCUT2D eigenvalue weighted by molar-refractivity contribution is -0.127. The Kier molecular flexibility index (Phi) is 8.25. The summed E-state index contributed by atoms with van der Waals surface area (Å²) in [6, 6.07) is 9.33. The number of hydrogen-bond acceptors (Lipinski definition) is 3. The minimum Gasteiger partial charge on any atom is -0.481 e. The van der Waals surface area contributed by atoms with Crippen LogP contribution in [-0.4, -0.2) is 21.5 Å². The topological polar surface area (TPSA) is 56.2 Å². The molecule has 1 aromatic heterocycles. The van der Waals surface area contributed by atoms with Gasteiger partial charge in [-0.15, -0.1) is 0 Å². The van der Waals surface area contributed by atoms with Gasteiger partial charge in [0.1, 0.15) is 17.6 Å². The van der Waals surface area contributed by atoms with Crippen molar-refractivity contribution >= 4 is 40.1 Å². The fourth-order valence-electron chi connectivity index (χ4n) is 6.00. The number of fused-ring (bicyclic) bond motifs is 1. The Balaban J connectivity index is 1.57. The Morgan fingerprint density at radius 2 is 1.73 bits per heavy atom. The number of hydrogen-bond donors (Lipinski definition) is 1. The third kappa shape index (κ3) is 5.91. The van der Waals surface area contributed by atoms with Crippen molar-refractivity contribution in [2.75, 3.05) is 0 Å². The van der Waals surface area contributed by atoms with Crippen LogP contribution in [0.2, 0.25) is 10.0 Å². The van der Waals surface area contributed by atoms with Gasteiger partial charge in [-0.05, 0) is 74.9 Å². The van der Waals surface area contributed by atoms with E-state index in [0.717, 1.165) is 51.4 Å². The molecule has 1 N–H and O–H groups in total. The Bertz CT molecular complexity index is 1250. The van der Waals surface area contributed by atoms with Crippen LogP contribution in [0.15, 0.2) is 36.4 Å². The molecule has 2 aliphatic rings.